The summed E-state index contributed by atoms with van der Waals surface area (Å²) in [6, 6.07) is 8.95. The molecule has 1 N–H and O–H groups in total. The second-order valence-electron chi connectivity index (χ2n) is 8.38. The molecule has 3 heterocycles. The minimum absolute atomic E-state index is 0.127. The normalized spacial score (nSPS) is 20.0. The number of aromatic nitrogens is 1. The topological polar surface area (TPSA) is 83.9 Å². The highest BCUT2D eigenvalue weighted by Gasteiger charge is 2.28. The third-order valence-electron chi connectivity index (χ3n) is 6.29. The van der Waals surface area contributed by atoms with E-state index in [0.29, 0.717) is 31.1 Å². The van der Waals surface area contributed by atoms with Gasteiger partial charge in [0, 0.05) is 44.1 Å². The summed E-state index contributed by atoms with van der Waals surface area (Å²) in [5.41, 5.74) is 1.58. The quantitative estimate of drug-likeness (QED) is 0.687. The number of ether oxygens (including phenoxy) is 1. The summed E-state index contributed by atoms with van der Waals surface area (Å²) >= 11 is 0. The van der Waals surface area contributed by atoms with Crippen molar-refractivity contribution in [3.05, 3.63) is 42.2 Å². The molecule has 0 bridgehead atoms. The number of rotatable bonds is 7. The molecule has 2 aliphatic rings. The molecule has 4 rings (SSSR count). The molecule has 9 heteroatoms. The lowest BCUT2D eigenvalue weighted by Crippen LogP contribution is -2.41. The molecule has 0 spiro atoms. The average Bonchev–Trinajstić information content (AvgIpc) is 3.27. The first-order chi connectivity index (χ1) is 15.4. The molecule has 1 aromatic heterocycles. The fraction of sp³-hybridized carbons (Fsp3) is 0.522. The van der Waals surface area contributed by atoms with Crippen LogP contribution >= 0.6 is 0 Å². The van der Waals surface area contributed by atoms with E-state index < -0.39 is 10.0 Å². The Morgan fingerprint density at radius 2 is 1.91 bits per heavy atom. The maximum Gasteiger partial charge on any atom is 0.243 e. The standard InChI is InChI=1S/C23H32N4O4S/c1-3-31-22-10-9-19(32(29,30)27-12-5-4-6-13-27)16-20(22)24-23(28)17-26-15-14-25-11-7-8-21(25)18(26)2/h7-11,16,18H,3-6,12-15,17H2,1-2H3,(H,24,28)/t18-/m1/s1. The van der Waals surface area contributed by atoms with E-state index >= 15 is 0 Å². The molecule has 0 aliphatic carbocycles. The van der Waals surface area contributed by atoms with Gasteiger partial charge in [-0.25, -0.2) is 8.42 Å². The van der Waals surface area contributed by atoms with Gasteiger partial charge < -0.3 is 14.6 Å². The fourth-order valence-corrected chi connectivity index (χ4v) is 6.06. The summed E-state index contributed by atoms with van der Waals surface area (Å²) in [4.78, 5) is 15.2. The van der Waals surface area contributed by atoms with E-state index in [2.05, 4.69) is 34.0 Å². The first kappa shape index (κ1) is 22.8. The zero-order chi connectivity index (χ0) is 22.7. The predicted molar refractivity (Wildman–Crippen MR) is 123 cm³/mol. The van der Waals surface area contributed by atoms with Crippen molar-refractivity contribution in [2.45, 2.75) is 50.6 Å². The number of benzene rings is 1. The molecule has 0 radical (unpaired) electrons. The van der Waals surface area contributed by atoms with Crippen molar-refractivity contribution in [2.75, 3.05) is 38.1 Å². The van der Waals surface area contributed by atoms with Gasteiger partial charge in [0.1, 0.15) is 5.75 Å². The smallest absolute Gasteiger partial charge is 0.243 e. The highest BCUT2D eigenvalue weighted by Crippen LogP contribution is 2.31. The van der Waals surface area contributed by atoms with Crippen LogP contribution in [-0.4, -0.2) is 60.9 Å². The van der Waals surface area contributed by atoms with Crippen LogP contribution < -0.4 is 10.1 Å². The van der Waals surface area contributed by atoms with Crippen LogP contribution in [0.4, 0.5) is 5.69 Å². The van der Waals surface area contributed by atoms with Crippen LogP contribution in [0.3, 0.4) is 0 Å². The van der Waals surface area contributed by atoms with E-state index in [0.717, 1.165) is 32.4 Å². The molecule has 174 valence electrons. The minimum Gasteiger partial charge on any atom is -0.492 e. The number of nitrogens with zero attached hydrogens (tertiary/aromatic N) is 3. The van der Waals surface area contributed by atoms with E-state index in [9.17, 15) is 13.2 Å². The van der Waals surface area contributed by atoms with E-state index in [1.165, 1.54) is 16.1 Å². The molecule has 0 saturated carbocycles. The summed E-state index contributed by atoms with van der Waals surface area (Å²) in [6.07, 6.45) is 4.86. The largest absolute Gasteiger partial charge is 0.492 e. The average molecular weight is 461 g/mol. The maximum absolute atomic E-state index is 13.1. The zero-order valence-corrected chi connectivity index (χ0v) is 19.6. The van der Waals surface area contributed by atoms with Crippen LogP contribution in [0.2, 0.25) is 0 Å². The molecule has 1 amide bonds. The highest BCUT2D eigenvalue weighted by molar-refractivity contribution is 7.89. The molecule has 1 fully saturated rings. The van der Waals surface area contributed by atoms with E-state index in [1.807, 2.05) is 13.0 Å². The Hall–Kier alpha value is -2.36. The summed E-state index contributed by atoms with van der Waals surface area (Å²) in [7, 11) is -3.60. The Balaban J connectivity index is 1.51. The SMILES string of the molecule is CCOc1ccc(S(=O)(=O)N2CCCCC2)cc1NC(=O)CN1CCn2cccc2[C@H]1C. The number of anilines is 1. The number of carbonyl (C=O) groups is 1. The van der Waals surface area contributed by atoms with E-state index in [4.69, 9.17) is 4.74 Å². The molecular weight excluding hydrogens is 428 g/mol. The maximum atomic E-state index is 13.1. The molecular formula is C23H32N4O4S. The fourth-order valence-electron chi connectivity index (χ4n) is 4.52. The Kier molecular flexibility index (Phi) is 6.88. The number of amides is 1. The highest BCUT2D eigenvalue weighted by atomic mass is 32.2. The van der Waals surface area contributed by atoms with Gasteiger partial charge in [0.15, 0.2) is 0 Å². The summed E-state index contributed by atoms with van der Waals surface area (Å²) in [5, 5.41) is 2.90. The van der Waals surface area contributed by atoms with Gasteiger partial charge in [-0.2, -0.15) is 4.31 Å². The van der Waals surface area contributed by atoms with Gasteiger partial charge in [-0.1, -0.05) is 6.42 Å². The van der Waals surface area contributed by atoms with Crippen molar-refractivity contribution in [1.82, 2.24) is 13.8 Å². The molecule has 1 atom stereocenters. The molecule has 2 aliphatic heterocycles. The molecule has 32 heavy (non-hydrogen) atoms. The van der Waals surface area contributed by atoms with E-state index in [-0.39, 0.29) is 23.4 Å². The summed E-state index contributed by atoms with van der Waals surface area (Å²) < 4.78 is 35.6. The van der Waals surface area contributed by atoms with Gasteiger partial charge in [-0.15, -0.1) is 0 Å². The van der Waals surface area contributed by atoms with Gasteiger partial charge in [-0.05, 0) is 57.0 Å². The number of nitrogens with one attached hydrogen (secondary N) is 1. The van der Waals surface area contributed by atoms with Gasteiger partial charge in [0.25, 0.3) is 0 Å². The second kappa shape index (κ2) is 9.64. The summed E-state index contributed by atoms with van der Waals surface area (Å²) in [5.74, 6) is 0.282. The monoisotopic (exact) mass is 460 g/mol. The van der Waals surface area contributed by atoms with Crippen molar-refractivity contribution >= 4 is 21.6 Å². The second-order valence-corrected chi connectivity index (χ2v) is 10.3. The number of hydrogen-bond acceptors (Lipinski definition) is 5. The Labute approximate surface area is 190 Å². The minimum atomic E-state index is -3.60. The van der Waals surface area contributed by atoms with Crippen LogP contribution in [0.25, 0.3) is 0 Å². The van der Waals surface area contributed by atoms with E-state index in [1.54, 1.807) is 12.1 Å². The van der Waals surface area contributed by atoms with Crippen LogP contribution in [0.1, 0.15) is 44.8 Å². The Morgan fingerprint density at radius 1 is 1.12 bits per heavy atom. The third kappa shape index (κ3) is 4.69. The van der Waals surface area contributed by atoms with Crippen molar-refractivity contribution in [3.8, 4) is 5.75 Å². The van der Waals surface area contributed by atoms with Crippen LogP contribution in [-0.2, 0) is 21.4 Å². The van der Waals surface area contributed by atoms with Gasteiger partial charge in [0.2, 0.25) is 15.9 Å². The number of fused-ring (bicyclic) bond motifs is 1. The number of hydrogen-bond donors (Lipinski definition) is 1. The lowest BCUT2D eigenvalue weighted by atomic mass is 10.1. The van der Waals surface area contributed by atoms with Crippen molar-refractivity contribution in [2.24, 2.45) is 0 Å². The van der Waals surface area contributed by atoms with Gasteiger partial charge >= 0.3 is 0 Å². The van der Waals surface area contributed by atoms with Crippen LogP contribution in [0.15, 0.2) is 41.4 Å². The predicted octanol–water partition coefficient (Wildman–Crippen LogP) is 3.08. The lowest BCUT2D eigenvalue weighted by molar-refractivity contribution is -0.118. The number of piperidine rings is 1. The summed E-state index contributed by atoms with van der Waals surface area (Å²) in [6.45, 7) is 7.27. The van der Waals surface area contributed by atoms with Crippen molar-refractivity contribution in [1.29, 1.82) is 0 Å². The van der Waals surface area contributed by atoms with Crippen molar-refractivity contribution in [3.63, 3.8) is 0 Å². The van der Waals surface area contributed by atoms with Crippen molar-refractivity contribution < 1.29 is 17.9 Å². The molecule has 1 aromatic carbocycles. The van der Waals surface area contributed by atoms with Crippen LogP contribution in [0.5, 0.6) is 5.75 Å². The zero-order valence-electron chi connectivity index (χ0n) is 18.8. The first-order valence-corrected chi connectivity index (χ1v) is 12.8. The Bertz CT molecular complexity index is 1060. The third-order valence-corrected chi connectivity index (χ3v) is 8.19. The molecule has 0 unspecified atom stereocenters. The van der Waals surface area contributed by atoms with Crippen LogP contribution in [0, 0.1) is 0 Å². The molecule has 2 aromatic rings. The first-order valence-electron chi connectivity index (χ1n) is 11.4. The number of sulfonamides is 1. The Morgan fingerprint density at radius 3 is 2.66 bits per heavy atom. The molecule has 8 nitrogen and oxygen atoms in total. The molecule has 1 saturated heterocycles. The lowest BCUT2D eigenvalue weighted by Gasteiger charge is -2.34. The number of carbonyl (C=O) groups excluding carboxylic acids is 1. The van der Waals surface area contributed by atoms with Gasteiger partial charge in [0.05, 0.1) is 23.7 Å². The van der Waals surface area contributed by atoms with Gasteiger partial charge in [-0.3, -0.25) is 9.69 Å².